The van der Waals surface area contributed by atoms with Crippen LogP contribution in [0, 0.1) is 0 Å². The Bertz CT molecular complexity index is 1440. The summed E-state index contributed by atoms with van der Waals surface area (Å²) in [6, 6.07) is 18.0. The van der Waals surface area contributed by atoms with Crippen LogP contribution < -0.4 is 0 Å². The number of benzene rings is 2. The number of nitrogens with one attached hydrogen (secondary N) is 1. The normalized spacial score (nSPS) is 11.1. The maximum atomic E-state index is 11.8. The van der Waals surface area contributed by atoms with Crippen molar-refractivity contribution < 1.29 is 9.90 Å². The molecule has 0 spiro atoms. The van der Waals surface area contributed by atoms with Gasteiger partial charge in [-0.05, 0) is 51.1 Å². The van der Waals surface area contributed by atoms with Gasteiger partial charge in [0.25, 0.3) is 0 Å². The number of carbonyl (C=O) groups is 1. The molecule has 0 saturated carbocycles. The number of aryl methyl sites for hydroxylation is 1. The van der Waals surface area contributed by atoms with Gasteiger partial charge in [0.1, 0.15) is 5.82 Å². The van der Waals surface area contributed by atoms with Gasteiger partial charge in [-0.15, -0.1) is 16.4 Å². The van der Waals surface area contributed by atoms with Crippen LogP contribution in [0.25, 0.3) is 33.1 Å². The van der Waals surface area contributed by atoms with Crippen molar-refractivity contribution in [3.63, 3.8) is 0 Å². The third kappa shape index (κ3) is 4.63. The molecule has 0 aliphatic heterocycles. The molecule has 8 nitrogen and oxygen atoms in total. The molecule has 9 heteroatoms. The van der Waals surface area contributed by atoms with Crippen molar-refractivity contribution in [2.24, 2.45) is 0 Å². The van der Waals surface area contributed by atoms with E-state index in [1.807, 2.05) is 23.6 Å². The lowest BCUT2D eigenvalue weighted by Gasteiger charge is -2.15. The Labute approximate surface area is 206 Å². The molecule has 0 fully saturated rings. The zero-order valence-electron chi connectivity index (χ0n) is 19.2. The first-order chi connectivity index (χ1) is 17.2. The SMILES string of the molecule is CCCCc1ncc(-c2sccc2C(=O)O)n1Cc1ccc(-c2ccccc2)c(-c2nnn[nH]2)c1. The Morgan fingerprint density at radius 3 is 2.71 bits per heavy atom. The minimum atomic E-state index is -0.934. The van der Waals surface area contributed by atoms with Crippen LogP contribution in [0.4, 0.5) is 0 Å². The molecule has 0 radical (unpaired) electrons. The fourth-order valence-corrected chi connectivity index (χ4v) is 5.10. The quantitative estimate of drug-likeness (QED) is 0.284. The average Bonchev–Trinajstić information content (AvgIpc) is 3.64. The Kier molecular flexibility index (Phi) is 6.49. The predicted molar refractivity (Wildman–Crippen MR) is 135 cm³/mol. The lowest BCUT2D eigenvalue weighted by atomic mass is 9.97. The molecule has 0 saturated heterocycles. The number of unbranched alkanes of at least 4 members (excludes halogenated alkanes) is 1. The second-order valence-electron chi connectivity index (χ2n) is 8.21. The van der Waals surface area contributed by atoms with E-state index in [-0.39, 0.29) is 0 Å². The fourth-order valence-electron chi connectivity index (χ4n) is 4.19. The summed E-state index contributed by atoms with van der Waals surface area (Å²) in [4.78, 5) is 17.2. The largest absolute Gasteiger partial charge is 0.478 e. The fraction of sp³-hybridized carbons (Fsp3) is 0.192. The topological polar surface area (TPSA) is 110 Å². The summed E-state index contributed by atoms with van der Waals surface area (Å²) < 4.78 is 2.13. The lowest BCUT2D eigenvalue weighted by molar-refractivity contribution is 0.0698. The number of hydrogen-bond acceptors (Lipinski definition) is 6. The third-order valence-corrected chi connectivity index (χ3v) is 6.87. The van der Waals surface area contributed by atoms with Gasteiger partial charge < -0.3 is 9.67 Å². The van der Waals surface area contributed by atoms with Crippen LogP contribution in [0.5, 0.6) is 0 Å². The van der Waals surface area contributed by atoms with Gasteiger partial charge in [0.2, 0.25) is 0 Å². The van der Waals surface area contributed by atoms with Crippen LogP contribution in [0.1, 0.15) is 41.5 Å². The van der Waals surface area contributed by atoms with Crippen LogP contribution in [-0.2, 0) is 13.0 Å². The number of hydrogen-bond donors (Lipinski definition) is 2. The van der Waals surface area contributed by atoms with Crippen molar-refractivity contribution >= 4 is 17.3 Å². The van der Waals surface area contributed by atoms with E-state index in [9.17, 15) is 9.90 Å². The molecule has 0 atom stereocenters. The lowest BCUT2D eigenvalue weighted by Crippen LogP contribution is -2.08. The molecule has 3 aromatic heterocycles. The second-order valence-corrected chi connectivity index (χ2v) is 9.13. The van der Waals surface area contributed by atoms with Crippen LogP contribution in [0.15, 0.2) is 66.2 Å². The predicted octanol–water partition coefficient (Wildman–Crippen LogP) is 5.55. The highest BCUT2D eigenvalue weighted by molar-refractivity contribution is 7.14. The summed E-state index contributed by atoms with van der Waals surface area (Å²) in [5.41, 5.74) is 5.15. The van der Waals surface area contributed by atoms with Gasteiger partial charge in [-0.2, -0.15) is 0 Å². The molecule has 35 heavy (non-hydrogen) atoms. The first kappa shape index (κ1) is 22.7. The number of thiophene rings is 1. The number of carboxylic acids is 1. The molecule has 3 heterocycles. The molecule has 0 aliphatic rings. The summed E-state index contributed by atoms with van der Waals surface area (Å²) in [5, 5.41) is 26.1. The monoisotopic (exact) mass is 484 g/mol. The molecule has 0 unspecified atom stereocenters. The van der Waals surface area contributed by atoms with E-state index in [0.717, 1.165) is 53.0 Å². The molecule has 2 N–H and O–H groups in total. The molecule has 2 aromatic carbocycles. The molecule has 0 aliphatic carbocycles. The van der Waals surface area contributed by atoms with Crippen molar-refractivity contribution in [2.75, 3.05) is 0 Å². The second kappa shape index (κ2) is 10.0. The highest BCUT2D eigenvalue weighted by atomic mass is 32.1. The number of aromatic carboxylic acids is 1. The molecular formula is C26H24N6O2S. The Hall–Kier alpha value is -4.11. The van der Waals surface area contributed by atoms with Gasteiger partial charge in [-0.25, -0.2) is 14.9 Å². The van der Waals surface area contributed by atoms with E-state index in [2.05, 4.69) is 67.4 Å². The third-order valence-electron chi connectivity index (χ3n) is 5.93. The first-order valence-electron chi connectivity index (χ1n) is 11.4. The number of carboxylic acid groups (broad SMARTS) is 1. The average molecular weight is 485 g/mol. The van der Waals surface area contributed by atoms with Crippen molar-refractivity contribution in [3.05, 3.63) is 83.1 Å². The summed E-state index contributed by atoms with van der Waals surface area (Å²) in [7, 11) is 0. The number of aromatic amines is 1. The molecule has 0 bridgehead atoms. The number of rotatable bonds is 9. The van der Waals surface area contributed by atoms with Gasteiger partial charge in [0, 0.05) is 18.5 Å². The van der Waals surface area contributed by atoms with E-state index >= 15 is 0 Å². The van der Waals surface area contributed by atoms with Gasteiger partial charge in [-0.1, -0.05) is 55.8 Å². The van der Waals surface area contributed by atoms with Gasteiger partial charge >= 0.3 is 5.97 Å². The van der Waals surface area contributed by atoms with Crippen LogP contribution >= 0.6 is 11.3 Å². The van der Waals surface area contributed by atoms with E-state index in [0.29, 0.717) is 22.8 Å². The van der Waals surface area contributed by atoms with Crippen molar-refractivity contribution in [2.45, 2.75) is 32.7 Å². The van der Waals surface area contributed by atoms with Crippen LogP contribution in [0.3, 0.4) is 0 Å². The maximum absolute atomic E-state index is 11.8. The molecular weight excluding hydrogens is 460 g/mol. The molecule has 176 valence electrons. The highest BCUT2D eigenvalue weighted by Gasteiger charge is 2.20. The van der Waals surface area contributed by atoms with Crippen LogP contribution in [0.2, 0.25) is 0 Å². The van der Waals surface area contributed by atoms with Gasteiger partial charge in [0.15, 0.2) is 5.82 Å². The maximum Gasteiger partial charge on any atom is 0.337 e. The van der Waals surface area contributed by atoms with E-state index in [1.54, 1.807) is 12.3 Å². The zero-order chi connectivity index (χ0) is 24.2. The van der Waals surface area contributed by atoms with Crippen molar-refractivity contribution in [1.29, 1.82) is 0 Å². The van der Waals surface area contributed by atoms with Gasteiger partial charge in [-0.3, -0.25) is 0 Å². The van der Waals surface area contributed by atoms with Crippen molar-refractivity contribution in [1.82, 2.24) is 30.2 Å². The minimum Gasteiger partial charge on any atom is -0.478 e. The Morgan fingerprint density at radius 2 is 1.97 bits per heavy atom. The summed E-state index contributed by atoms with van der Waals surface area (Å²) >= 11 is 1.42. The van der Waals surface area contributed by atoms with Gasteiger partial charge in [0.05, 0.1) is 22.3 Å². The van der Waals surface area contributed by atoms with Crippen molar-refractivity contribution in [3.8, 4) is 33.1 Å². The van der Waals surface area contributed by atoms with E-state index < -0.39 is 5.97 Å². The smallest absolute Gasteiger partial charge is 0.337 e. The van der Waals surface area contributed by atoms with E-state index in [4.69, 9.17) is 0 Å². The highest BCUT2D eigenvalue weighted by Crippen LogP contribution is 2.34. The summed E-state index contributed by atoms with van der Waals surface area (Å²) in [6.45, 7) is 2.70. The number of tetrazole rings is 1. The molecule has 5 rings (SSSR count). The summed E-state index contributed by atoms with van der Waals surface area (Å²) in [5.74, 6) is 0.604. The number of aromatic nitrogens is 6. The summed E-state index contributed by atoms with van der Waals surface area (Å²) in [6.07, 6.45) is 4.68. The van der Waals surface area contributed by atoms with Crippen LogP contribution in [-0.4, -0.2) is 41.3 Å². The minimum absolute atomic E-state index is 0.297. The standard InChI is InChI=1S/C26H24N6O2S/c1-2-3-9-23-27-15-22(24-20(26(33)34)12-13-35-24)32(23)16-17-10-11-19(18-7-5-4-6-8-18)21(14-17)25-28-30-31-29-25/h4-8,10-15H,2-3,9,16H2,1H3,(H,33,34)(H,28,29,30,31). The first-order valence-corrected chi connectivity index (χ1v) is 12.3. The zero-order valence-corrected chi connectivity index (χ0v) is 20.0. The number of nitrogens with zero attached hydrogens (tertiary/aromatic N) is 5. The number of H-pyrrole nitrogens is 1. The number of imidazole rings is 1. The Morgan fingerprint density at radius 1 is 1.11 bits per heavy atom. The van der Waals surface area contributed by atoms with E-state index in [1.165, 1.54) is 11.3 Å². The molecule has 5 aromatic rings. The molecule has 0 amide bonds. The Balaban J connectivity index is 1.59.